The average Bonchev–Trinajstić information content (AvgIpc) is 2.81. The van der Waals surface area contributed by atoms with Crippen LogP contribution in [-0.4, -0.2) is 24.2 Å². The van der Waals surface area contributed by atoms with Crippen LogP contribution in [0.15, 0.2) is 36.7 Å². The number of methoxy groups -OCH3 is 2. The minimum absolute atomic E-state index is 0.618. The normalized spacial score (nSPS) is 9.88. The van der Waals surface area contributed by atoms with E-state index in [0.717, 1.165) is 0 Å². The van der Waals surface area contributed by atoms with Crippen molar-refractivity contribution in [1.82, 2.24) is 9.94 Å². The molecule has 2 rings (SSSR count). The maximum Gasteiger partial charge on any atom is 0.164 e. The van der Waals surface area contributed by atoms with Crippen LogP contribution in [0, 0.1) is 0 Å². The van der Waals surface area contributed by atoms with Gasteiger partial charge in [-0.15, -0.1) is 9.94 Å². The molecule has 5 nitrogen and oxygen atoms in total. The van der Waals surface area contributed by atoms with Gasteiger partial charge in [0.15, 0.2) is 17.2 Å². The lowest BCUT2D eigenvalue weighted by molar-refractivity contribution is 0.178. The zero-order valence-corrected chi connectivity index (χ0v) is 9.08. The van der Waals surface area contributed by atoms with E-state index in [0.29, 0.717) is 17.2 Å². The Bertz CT molecular complexity index is 454. The van der Waals surface area contributed by atoms with Gasteiger partial charge in [-0.3, -0.25) is 0 Å². The maximum absolute atomic E-state index is 5.43. The molecular formula is C11H12N2O3. The van der Waals surface area contributed by atoms with Crippen molar-refractivity contribution in [2.24, 2.45) is 0 Å². The van der Waals surface area contributed by atoms with E-state index in [4.69, 9.17) is 14.3 Å². The summed E-state index contributed by atoms with van der Waals surface area (Å²) in [5.41, 5.74) is 0. The summed E-state index contributed by atoms with van der Waals surface area (Å²) in [6.07, 6.45) is 3.34. The summed E-state index contributed by atoms with van der Waals surface area (Å²) in [6, 6.07) is 7.07. The smallest absolute Gasteiger partial charge is 0.164 e. The van der Waals surface area contributed by atoms with Gasteiger partial charge in [-0.25, -0.2) is 0 Å². The number of hydrogen-bond donors (Lipinski definition) is 0. The summed E-state index contributed by atoms with van der Waals surface area (Å²) in [5.74, 6) is 1.91. The molecule has 0 bridgehead atoms. The molecule has 5 heteroatoms. The molecule has 0 aliphatic carbocycles. The lowest BCUT2D eigenvalue weighted by atomic mass is 10.3. The van der Waals surface area contributed by atoms with Gasteiger partial charge in [0.2, 0.25) is 0 Å². The van der Waals surface area contributed by atoms with E-state index in [1.54, 1.807) is 50.9 Å². The van der Waals surface area contributed by atoms with Crippen LogP contribution in [0.25, 0.3) is 0 Å². The van der Waals surface area contributed by atoms with Crippen LogP contribution < -0.4 is 14.3 Å². The SMILES string of the molecule is COc1ccc(On2cccn2)cc1OC. The molecule has 0 radical (unpaired) electrons. The van der Waals surface area contributed by atoms with Crippen molar-refractivity contribution < 1.29 is 14.3 Å². The van der Waals surface area contributed by atoms with Crippen LogP contribution in [0.1, 0.15) is 0 Å². The lowest BCUT2D eigenvalue weighted by Gasteiger charge is -2.09. The Morgan fingerprint density at radius 1 is 1.12 bits per heavy atom. The second-order valence-electron chi connectivity index (χ2n) is 3.02. The molecule has 0 N–H and O–H groups in total. The quantitative estimate of drug-likeness (QED) is 0.787. The van der Waals surface area contributed by atoms with E-state index >= 15 is 0 Å². The number of nitrogens with zero attached hydrogens (tertiary/aromatic N) is 2. The third kappa shape index (κ3) is 2.08. The molecule has 0 saturated heterocycles. The van der Waals surface area contributed by atoms with Crippen LogP contribution in [0.3, 0.4) is 0 Å². The fourth-order valence-corrected chi connectivity index (χ4v) is 1.29. The van der Waals surface area contributed by atoms with Crippen molar-refractivity contribution in [3.8, 4) is 17.2 Å². The van der Waals surface area contributed by atoms with Crippen molar-refractivity contribution in [3.05, 3.63) is 36.7 Å². The molecule has 0 aliphatic rings. The number of ether oxygens (including phenoxy) is 2. The number of hydrogen-bond acceptors (Lipinski definition) is 4. The van der Waals surface area contributed by atoms with Crippen LogP contribution in [0.2, 0.25) is 0 Å². The highest BCUT2D eigenvalue weighted by molar-refractivity contribution is 5.45. The van der Waals surface area contributed by atoms with Gasteiger partial charge in [-0.2, -0.15) is 0 Å². The van der Waals surface area contributed by atoms with Gasteiger partial charge < -0.3 is 14.3 Å². The second-order valence-corrected chi connectivity index (χ2v) is 3.02. The van der Waals surface area contributed by atoms with Crippen LogP contribution in [0.5, 0.6) is 17.2 Å². The standard InChI is InChI=1S/C11H12N2O3/c1-14-10-5-4-9(8-11(10)15-2)16-13-7-3-6-12-13/h3-8H,1-2H3. The summed E-state index contributed by atoms with van der Waals surface area (Å²) >= 11 is 0. The molecule has 1 heterocycles. The third-order valence-electron chi connectivity index (χ3n) is 2.03. The summed E-state index contributed by atoms with van der Waals surface area (Å²) in [4.78, 5) is 6.79. The average molecular weight is 220 g/mol. The first-order chi connectivity index (χ1) is 7.83. The molecule has 84 valence electrons. The Hall–Kier alpha value is -2.17. The molecule has 1 aromatic carbocycles. The van der Waals surface area contributed by atoms with Gasteiger partial charge in [-0.05, 0) is 18.2 Å². The van der Waals surface area contributed by atoms with Gasteiger partial charge in [-0.1, -0.05) is 0 Å². The Labute approximate surface area is 93.1 Å². The van der Waals surface area contributed by atoms with E-state index in [1.165, 1.54) is 4.85 Å². The van der Waals surface area contributed by atoms with E-state index in [1.807, 2.05) is 0 Å². The molecule has 1 aromatic heterocycles. The Morgan fingerprint density at radius 3 is 2.56 bits per heavy atom. The van der Waals surface area contributed by atoms with E-state index in [-0.39, 0.29) is 0 Å². The van der Waals surface area contributed by atoms with Crippen molar-refractivity contribution in [2.45, 2.75) is 0 Å². The largest absolute Gasteiger partial charge is 0.493 e. The fraction of sp³-hybridized carbons (Fsp3) is 0.182. The van der Waals surface area contributed by atoms with E-state index in [2.05, 4.69) is 5.10 Å². The molecule has 0 aliphatic heterocycles. The van der Waals surface area contributed by atoms with Gasteiger partial charge >= 0.3 is 0 Å². The predicted molar refractivity (Wildman–Crippen MR) is 57.8 cm³/mol. The molecule has 0 amide bonds. The Morgan fingerprint density at radius 2 is 1.94 bits per heavy atom. The Kier molecular flexibility index (Phi) is 2.95. The molecule has 0 spiro atoms. The molecule has 2 aromatic rings. The van der Waals surface area contributed by atoms with Crippen molar-refractivity contribution in [3.63, 3.8) is 0 Å². The number of rotatable bonds is 4. The molecule has 0 unspecified atom stereocenters. The summed E-state index contributed by atoms with van der Waals surface area (Å²) in [5, 5.41) is 3.93. The molecule has 16 heavy (non-hydrogen) atoms. The van der Waals surface area contributed by atoms with Crippen LogP contribution >= 0.6 is 0 Å². The van der Waals surface area contributed by atoms with Gasteiger partial charge in [0.05, 0.1) is 26.6 Å². The predicted octanol–water partition coefficient (Wildman–Crippen LogP) is 1.74. The highest BCUT2D eigenvalue weighted by Gasteiger charge is 2.05. The Balaban J connectivity index is 2.22. The molecule has 0 atom stereocenters. The lowest BCUT2D eigenvalue weighted by Crippen LogP contribution is -2.05. The van der Waals surface area contributed by atoms with Crippen molar-refractivity contribution in [2.75, 3.05) is 14.2 Å². The minimum atomic E-state index is 0.618. The first-order valence-electron chi connectivity index (χ1n) is 4.73. The second kappa shape index (κ2) is 4.57. The van der Waals surface area contributed by atoms with Crippen LogP contribution in [0.4, 0.5) is 0 Å². The zero-order valence-electron chi connectivity index (χ0n) is 9.08. The summed E-state index contributed by atoms with van der Waals surface area (Å²) in [6.45, 7) is 0. The maximum atomic E-state index is 5.43. The number of aromatic nitrogens is 2. The van der Waals surface area contributed by atoms with Gasteiger partial charge in [0.1, 0.15) is 0 Å². The molecular weight excluding hydrogens is 208 g/mol. The van der Waals surface area contributed by atoms with E-state index < -0.39 is 0 Å². The third-order valence-corrected chi connectivity index (χ3v) is 2.03. The minimum Gasteiger partial charge on any atom is -0.493 e. The van der Waals surface area contributed by atoms with Crippen molar-refractivity contribution in [1.29, 1.82) is 0 Å². The first kappa shape index (κ1) is 10.4. The van der Waals surface area contributed by atoms with Crippen molar-refractivity contribution >= 4 is 0 Å². The molecule has 0 fully saturated rings. The zero-order chi connectivity index (χ0) is 11.4. The van der Waals surface area contributed by atoms with Gasteiger partial charge in [0.25, 0.3) is 0 Å². The van der Waals surface area contributed by atoms with Gasteiger partial charge in [0, 0.05) is 6.07 Å². The van der Waals surface area contributed by atoms with Crippen LogP contribution in [-0.2, 0) is 0 Å². The molecule has 0 saturated carbocycles. The number of benzene rings is 1. The summed E-state index contributed by atoms with van der Waals surface area (Å²) < 4.78 is 10.3. The monoisotopic (exact) mass is 220 g/mol. The summed E-state index contributed by atoms with van der Waals surface area (Å²) in [7, 11) is 3.17. The first-order valence-corrected chi connectivity index (χ1v) is 4.73. The topological polar surface area (TPSA) is 45.5 Å². The highest BCUT2D eigenvalue weighted by Crippen LogP contribution is 2.30. The highest BCUT2D eigenvalue weighted by atomic mass is 16.7. The van der Waals surface area contributed by atoms with E-state index in [9.17, 15) is 0 Å². The fourth-order valence-electron chi connectivity index (χ4n) is 1.29.